The molecule has 0 aromatic rings. The summed E-state index contributed by atoms with van der Waals surface area (Å²) in [4.78, 5) is 31.4. The van der Waals surface area contributed by atoms with Crippen LogP contribution < -0.4 is 10.6 Å². The number of fused-ring (bicyclic) bond motifs is 4. The van der Waals surface area contributed by atoms with Gasteiger partial charge in [0.15, 0.2) is 5.78 Å². The summed E-state index contributed by atoms with van der Waals surface area (Å²) in [6.45, 7) is 8.88. The van der Waals surface area contributed by atoms with E-state index >= 15 is 0 Å². The number of methoxy groups -OCH3 is 1. The molecular weight excluding hydrogens is 771 g/mol. The van der Waals surface area contributed by atoms with Gasteiger partial charge in [-0.2, -0.15) is 0 Å². The summed E-state index contributed by atoms with van der Waals surface area (Å²) >= 11 is 0. The molecule has 10 rings (SSSR count). The van der Waals surface area contributed by atoms with Crippen molar-refractivity contribution in [2.45, 2.75) is 158 Å². The first-order chi connectivity index (χ1) is 28.3. The van der Waals surface area contributed by atoms with Crippen LogP contribution in [-0.2, 0) is 23.8 Å². The lowest BCUT2D eigenvalue weighted by molar-refractivity contribution is -0.356. The van der Waals surface area contributed by atoms with Gasteiger partial charge in [-0.25, -0.2) is 0 Å². The average Bonchev–Trinajstić information content (AvgIpc) is 3.80. The van der Waals surface area contributed by atoms with E-state index in [1.54, 1.807) is 25.0 Å². The Bertz CT molecular complexity index is 1950. The van der Waals surface area contributed by atoms with Gasteiger partial charge in [-0.15, -0.1) is 11.8 Å². The minimum atomic E-state index is -3.01. The van der Waals surface area contributed by atoms with E-state index < -0.39 is 86.5 Å². The maximum atomic E-state index is 14.9. The van der Waals surface area contributed by atoms with Crippen LogP contribution in [0.15, 0.2) is 11.6 Å². The van der Waals surface area contributed by atoms with Gasteiger partial charge in [-0.05, 0) is 94.6 Å². The molecule has 14 heteroatoms. The number of allylic oxidation sites excluding steroid dienone is 1. The van der Waals surface area contributed by atoms with Crippen molar-refractivity contribution in [3.8, 4) is 23.7 Å². The maximum absolute atomic E-state index is 14.9. The highest BCUT2D eigenvalue weighted by Gasteiger charge is 2.81. The SMILES string of the molecule is COCCCOC1CCC2(C)C(C1)C(=O)C=C1C3(O)CCC45C#CCC6(CC7C(CNCC(C)O)C(OC7C(O)N6)C(O)(O)C4(C)O)C(=O)N4CC4CC#CC12CCC35C. The normalized spacial score (nSPS) is 49.9. The summed E-state index contributed by atoms with van der Waals surface area (Å²) in [7, 11) is 1.66. The number of hydrogen-bond donors (Lipinski definition) is 8. The molecule has 0 aromatic carbocycles. The molecule has 1 amide bonds. The van der Waals surface area contributed by atoms with Crippen molar-refractivity contribution >= 4 is 11.7 Å². The Balaban J connectivity index is 1.22. The summed E-state index contributed by atoms with van der Waals surface area (Å²) in [6, 6.07) is -0.194. The van der Waals surface area contributed by atoms with Gasteiger partial charge in [0, 0.05) is 70.1 Å². The van der Waals surface area contributed by atoms with Gasteiger partial charge in [-0.1, -0.05) is 25.7 Å². The van der Waals surface area contributed by atoms with Crippen LogP contribution in [0.3, 0.4) is 0 Å². The van der Waals surface area contributed by atoms with E-state index in [1.807, 2.05) is 6.92 Å². The van der Waals surface area contributed by atoms with Gasteiger partial charge < -0.3 is 55.1 Å². The average molecular weight is 836 g/mol. The van der Waals surface area contributed by atoms with Crippen molar-refractivity contribution < 1.29 is 54.4 Å². The Labute approximate surface area is 353 Å². The highest BCUT2D eigenvalue weighted by Crippen LogP contribution is 2.77. The van der Waals surface area contributed by atoms with Crippen molar-refractivity contribution in [1.82, 2.24) is 15.5 Å². The molecule has 0 radical (unpaired) electrons. The van der Waals surface area contributed by atoms with Gasteiger partial charge in [-0.3, -0.25) is 14.9 Å². The first-order valence-corrected chi connectivity index (χ1v) is 22.4. The third kappa shape index (κ3) is 5.62. The summed E-state index contributed by atoms with van der Waals surface area (Å²) in [5.41, 5.74) is -9.83. The van der Waals surface area contributed by atoms with Crippen molar-refractivity contribution in [2.24, 2.45) is 39.4 Å². The molecule has 5 heterocycles. The van der Waals surface area contributed by atoms with Crippen molar-refractivity contribution in [1.29, 1.82) is 0 Å². The summed E-state index contributed by atoms with van der Waals surface area (Å²) in [5.74, 6) is 8.84. The number of amides is 1. The smallest absolute Gasteiger partial charge is 0.244 e. The van der Waals surface area contributed by atoms with Gasteiger partial charge in [0.1, 0.15) is 29.6 Å². The number of ketones is 1. The number of aliphatic hydroxyl groups excluding tert-OH is 2. The second-order valence-corrected chi connectivity index (χ2v) is 20.7. The van der Waals surface area contributed by atoms with Crippen molar-refractivity contribution in [3.05, 3.63) is 11.6 Å². The molecule has 10 aliphatic rings. The van der Waals surface area contributed by atoms with E-state index in [0.717, 1.165) is 6.42 Å². The molecule has 7 bridgehead atoms. The van der Waals surface area contributed by atoms with E-state index in [2.05, 4.69) is 41.2 Å². The number of ether oxygens (including phenoxy) is 3. The van der Waals surface area contributed by atoms with E-state index in [4.69, 9.17) is 14.2 Å². The lowest BCUT2D eigenvalue weighted by Crippen LogP contribution is -2.74. The number of rotatable bonds is 9. The number of piperidine rings is 1. The molecule has 16 unspecified atom stereocenters. The number of nitrogens with zero attached hydrogens (tertiary/aromatic N) is 1. The molecule has 5 aliphatic heterocycles. The van der Waals surface area contributed by atoms with Crippen LogP contribution in [0.25, 0.3) is 0 Å². The van der Waals surface area contributed by atoms with Crippen LogP contribution in [0.5, 0.6) is 0 Å². The largest absolute Gasteiger partial charge is 0.392 e. The van der Waals surface area contributed by atoms with Crippen molar-refractivity contribution in [2.75, 3.05) is 40.0 Å². The third-order valence-electron chi connectivity index (χ3n) is 17.8. The number of carbonyl (C=O) groups is 2. The molecular formula is C46H65N3O11. The predicted octanol–water partition coefficient (Wildman–Crippen LogP) is 0.499. The Kier molecular flexibility index (Phi) is 10.2. The molecule has 8 N–H and O–H groups in total. The summed E-state index contributed by atoms with van der Waals surface area (Å²) in [6.07, 6.45) is 0.902. The fourth-order valence-electron chi connectivity index (χ4n) is 14.2. The van der Waals surface area contributed by atoms with Crippen LogP contribution in [0.2, 0.25) is 0 Å². The quantitative estimate of drug-likeness (QED) is 0.0690. The van der Waals surface area contributed by atoms with Crippen LogP contribution >= 0.6 is 0 Å². The number of hydrogen-bond acceptors (Lipinski definition) is 13. The van der Waals surface area contributed by atoms with E-state index in [0.29, 0.717) is 57.4 Å². The second-order valence-electron chi connectivity index (χ2n) is 20.7. The minimum Gasteiger partial charge on any atom is -0.392 e. The number of aliphatic hydroxyl groups is 6. The fourth-order valence-corrected chi connectivity index (χ4v) is 14.2. The molecule has 6 fully saturated rings. The molecule has 60 heavy (non-hydrogen) atoms. The predicted molar refractivity (Wildman–Crippen MR) is 216 cm³/mol. The van der Waals surface area contributed by atoms with Crippen LogP contribution in [-0.4, -0.2) is 146 Å². The Morgan fingerprint density at radius 3 is 2.58 bits per heavy atom. The topological polar surface area (TPSA) is 210 Å². The first-order valence-electron chi connectivity index (χ1n) is 22.4. The Hall–Kier alpha value is -2.44. The molecule has 16 atom stereocenters. The molecule has 3 spiro atoms. The summed E-state index contributed by atoms with van der Waals surface area (Å²) < 4.78 is 18.0. The zero-order valence-corrected chi connectivity index (χ0v) is 35.8. The van der Waals surface area contributed by atoms with E-state index in [-0.39, 0.29) is 69.0 Å². The van der Waals surface area contributed by atoms with Gasteiger partial charge in [0.25, 0.3) is 0 Å². The minimum absolute atomic E-state index is 0.0329. The Morgan fingerprint density at radius 2 is 1.83 bits per heavy atom. The molecule has 5 aliphatic carbocycles. The van der Waals surface area contributed by atoms with Crippen molar-refractivity contribution in [3.63, 3.8) is 0 Å². The lowest BCUT2D eigenvalue weighted by Gasteiger charge is -2.66. The van der Waals surface area contributed by atoms with E-state index in [1.165, 1.54) is 6.92 Å². The van der Waals surface area contributed by atoms with E-state index in [9.17, 15) is 40.2 Å². The molecule has 0 aromatic heterocycles. The standard InChI is InChI=1S/C46H65N3O11/c1-27(50)24-47-25-31-30-23-43-12-7-13-44(41(4,54)46(56,57)36(31)60-35(30)37(52)48-43)17-18-45(55)34-22-33(51)32-21-29(59-20-8-19-58-5)10-14-39(32,2)42(34,16-15-40(44,45)3)11-6-9-28-26-49(28)38(43)53/h22,27-32,35-37,47-48,50,52,54-57H,8-10,12,14-21,23-26H2,1-5H3. The third-order valence-corrected chi connectivity index (χ3v) is 17.8. The van der Waals surface area contributed by atoms with Gasteiger partial charge in [0.05, 0.1) is 34.7 Å². The number of carbonyl (C=O) groups excluding carboxylic acids is 2. The second kappa shape index (κ2) is 14.3. The first kappa shape index (κ1) is 42.8. The maximum Gasteiger partial charge on any atom is 0.244 e. The van der Waals surface area contributed by atoms with Crippen LogP contribution in [0, 0.1) is 63.1 Å². The molecule has 3 saturated carbocycles. The van der Waals surface area contributed by atoms with Crippen LogP contribution in [0.4, 0.5) is 0 Å². The number of nitrogens with one attached hydrogen (secondary N) is 2. The highest BCUT2D eigenvalue weighted by atomic mass is 16.6. The lowest BCUT2D eigenvalue weighted by atomic mass is 9.38. The fraction of sp³-hybridized carbons (Fsp3) is 0.826. The van der Waals surface area contributed by atoms with Gasteiger partial charge >= 0.3 is 0 Å². The zero-order chi connectivity index (χ0) is 42.9. The molecule has 14 nitrogen and oxygen atoms in total. The Morgan fingerprint density at radius 1 is 1.05 bits per heavy atom. The molecule has 330 valence electrons. The van der Waals surface area contributed by atoms with Crippen LogP contribution in [0.1, 0.15) is 98.3 Å². The summed E-state index contributed by atoms with van der Waals surface area (Å²) in [5, 5.41) is 80.9. The monoisotopic (exact) mass is 835 g/mol. The highest BCUT2D eigenvalue weighted by molar-refractivity contribution is 5.96. The molecule has 3 saturated heterocycles. The zero-order valence-electron chi connectivity index (χ0n) is 35.8. The van der Waals surface area contributed by atoms with Gasteiger partial charge in [0.2, 0.25) is 11.7 Å².